The minimum Gasteiger partial charge on any atom is -0.356 e. The molecule has 0 aromatic heterocycles. The molecule has 130 valence electrons. The highest BCUT2D eigenvalue weighted by atomic mass is 16.2. The highest BCUT2D eigenvalue weighted by molar-refractivity contribution is 5.96. The van der Waals surface area contributed by atoms with Crippen molar-refractivity contribution in [1.82, 2.24) is 15.5 Å². The van der Waals surface area contributed by atoms with Crippen molar-refractivity contribution in [3.8, 4) is 0 Å². The number of benzene rings is 1. The lowest BCUT2D eigenvalue weighted by atomic mass is 9.97. The van der Waals surface area contributed by atoms with Crippen LogP contribution in [0.5, 0.6) is 0 Å². The summed E-state index contributed by atoms with van der Waals surface area (Å²) in [5.41, 5.74) is 0.528. The molecule has 1 unspecified atom stereocenters. The molecule has 24 heavy (non-hydrogen) atoms. The Kier molecular flexibility index (Phi) is 6.78. The number of likely N-dealkylation sites (tertiary alicyclic amines) is 1. The number of rotatable bonds is 6. The normalized spacial score (nSPS) is 17.2. The highest BCUT2D eigenvalue weighted by Gasteiger charge is 2.28. The molecule has 1 aliphatic heterocycles. The third kappa shape index (κ3) is 5.08. The lowest BCUT2D eigenvalue weighted by Gasteiger charge is -2.32. The topological polar surface area (TPSA) is 78.5 Å². The summed E-state index contributed by atoms with van der Waals surface area (Å²) >= 11 is 0. The van der Waals surface area contributed by atoms with E-state index in [4.69, 9.17) is 0 Å². The van der Waals surface area contributed by atoms with Gasteiger partial charge in [0, 0.05) is 25.2 Å². The summed E-state index contributed by atoms with van der Waals surface area (Å²) < 4.78 is 0. The van der Waals surface area contributed by atoms with Crippen molar-refractivity contribution in [2.45, 2.75) is 26.2 Å². The van der Waals surface area contributed by atoms with Gasteiger partial charge in [-0.05, 0) is 31.4 Å². The van der Waals surface area contributed by atoms with Gasteiger partial charge in [-0.3, -0.25) is 14.4 Å². The highest BCUT2D eigenvalue weighted by Crippen LogP contribution is 2.16. The Bertz CT molecular complexity index is 574. The van der Waals surface area contributed by atoms with Crippen LogP contribution in [-0.4, -0.2) is 48.8 Å². The molecule has 2 N–H and O–H groups in total. The van der Waals surface area contributed by atoms with Crippen LogP contribution in [0.15, 0.2) is 30.3 Å². The first kappa shape index (κ1) is 18.0. The smallest absolute Gasteiger partial charge is 0.251 e. The van der Waals surface area contributed by atoms with Crippen LogP contribution in [0.3, 0.4) is 0 Å². The van der Waals surface area contributed by atoms with Crippen LogP contribution in [-0.2, 0) is 9.59 Å². The van der Waals surface area contributed by atoms with Gasteiger partial charge < -0.3 is 15.5 Å². The van der Waals surface area contributed by atoms with E-state index in [-0.39, 0.29) is 30.2 Å². The van der Waals surface area contributed by atoms with Crippen molar-refractivity contribution in [3.05, 3.63) is 35.9 Å². The predicted octanol–water partition coefficient (Wildman–Crippen LogP) is 1.18. The zero-order valence-corrected chi connectivity index (χ0v) is 14.1. The fourth-order valence-corrected chi connectivity index (χ4v) is 2.77. The molecular formula is C18H25N3O3. The molecule has 6 heteroatoms. The van der Waals surface area contributed by atoms with Crippen LogP contribution in [0.2, 0.25) is 0 Å². The van der Waals surface area contributed by atoms with Crippen molar-refractivity contribution >= 4 is 17.7 Å². The number of hydrogen-bond acceptors (Lipinski definition) is 3. The number of nitrogens with one attached hydrogen (secondary N) is 2. The molecule has 0 spiro atoms. The molecule has 1 aromatic carbocycles. The van der Waals surface area contributed by atoms with Crippen molar-refractivity contribution in [2.75, 3.05) is 26.2 Å². The average Bonchev–Trinajstić information content (AvgIpc) is 2.64. The zero-order valence-electron chi connectivity index (χ0n) is 14.1. The van der Waals surface area contributed by atoms with Crippen LogP contribution in [0.1, 0.15) is 36.5 Å². The SMILES string of the molecule is CCCNC(=O)C1CCCN(C(=O)CNC(=O)c2ccccc2)C1. The van der Waals surface area contributed by atoms with E-state index in [1.54, 1.807) is 29.2 Å². The Morgan fingerprint density at radius 1 is 1.17 bits per heavy atom. The van der Waals surface area contributed by atoms with Crippen molar-refractivity contribution in [3.63, 3.8) is 0 Å². The summed E-state index contributed by atoms with van der Waals surface area (Å²) in [5.74, 6) is -0.549. The molecule has 3 amide bonds. The Morgan fingerprint density at radius 3 is 2.62 bits per heavy atom. The second-order valence-electron chi connectivity index (χ2n) is 6.02. The molecule has 0 saturated carbocycles. The maximum atomic E-state index is 12.3. The lowest BCUT2D eigenvalue weighted by Crippen LogP contribution is -2.48. The van der Waals surface area contributed by atoms with Gasteiger partial charge in [0.1, 0.15) is 0 Å². The van der Waals surface area contributed by atoms with E-state index in [9.17, 15) is 14.4 Å². The van der Waals surface area contributed by atoms with Gasteiger partial charge in [-0.15, -0.1) is 0 Å². The summed E-state index contributed by atoms with van der Waals surface area (Å²) in [6.07, 6.45) is 2.50. The Balaban J connectivity index is 1.81. The van der Waals surface area contributed by atoms with E-state index in [0.717, 1.165) is 19.3 Å². The number of amides is 3. The molecule has 1 aromatic rings. The number of piperidine rings is 1. The molecule has 1 atom stereocenters. The fraction of sp³-hybridized carbons (Fsp3) is 0.500. The Morgan fingerprint density at radius 2 is 1.92 bits per heavy atom. The van der Waals surface area contributed by atoms with Crippen molar-refractivity contribution < 1.29 is 14.4 Å². The van der Waals surface area contributed by atoms with Gasteiger partial charge in [0.05, 0.1) is 12.5 Å². The first-order valence-corrected chi connectivity index (χ1v) is 8.50. The second-order valence-corrected chi connectivity index (χ2v) is 6.02. The molecule has 1 aliphatic rings. The van der Waals surface area contributed by atoms with Gasteiger partial charge >= 0.3 is 0 Å². The summed E-state index contributed by atoms with van der Waals surface area (Å²) in [7, 11) is 0. The maximum Gasteiger partial charge on any atom is 0.251 e. The van der Waals surface area contributed by atoms with E-state index < -0.39 is 0 Å². The fourth-order valence-electron chi connectivity index (χ4n) is 2.77. The molecule has 1 fully saturated rings. The molecule has 0 bridgehead atoms. The molecule has 1 heterocycles. The van der Waals surface area contributed by atoms with Crippen LogP contribution >= 0.6 is 0 Å². The first-order valence-electron chi connectivity index (χ1n) is 8.50. The van der Waals surface area contributed by atoms with Crippen LogP contribution in [0.4, 0.5) is 0 Å². The van der Waals surface area contributed by atoms with Crippen LogP contribution in [0.25, 0.3) is 0 Å². The summed E-state index contributed by atoms with van der Waals surface area (Å²) in [4.78, 5) is 38.0. The Hall–Kier alpha value is -2.37. The molecule has 1 saturated heterocycles. The van der Waals surface area contributed by atoms with E-state index >= 15 is 0 Å². The predicted molar refractivity (Wildman–Crippen MR) is 91.4 cm³/mol. The van der Waals surface area contributed by atoms with E-state index in [0.29, 0.717) is 25.2 Å². The number of hydrogen-bond donors (Lipinski definition) is 2. The zero-order chi connectivity index (χ0) is 17.4. The molecule has 2 rings (SSSR count). The van der Waals surface area contributed by atoms with Crippen molar-refractivity contribution in [1.29, 1.82) is 0 Å². The second kappa shape index (κ2) is 9.05. The summed E-state index contributed by atoms with van der Waals surface area (Å²) in [5, 5.41) is 5.53. The van der Waals surface area contributed by atoms with Gasteiger partial charge in [0.15, 0.2) is 0 Å². The summed E-state index contributed by atoms with van der Waals surface area (Å²) in [6.45, 7) is 3.69. The van der Waals surface area contributed by atoms with E-state index in [1.807, 2.05) is 13.0 Å². The van der Waals surface area contributed by atoms with Crippen LogP contribution < -0.4 is 10.6 Å². The molecular weight excluding hydrogens is 306 g/mol. The largest absolute Gasteiger partial charge is 0.356 e. The van der Waals surface area contributed by atoms with Gasteiger partial charge in [-0.25, -0.2) is 0 Å². The van der Waals surface area contributed by atoms with E-state index in [1.165, 1.54) is 0 Å². The van der Waals surface area contributed by atoms with Gasteiger partial charge in [-0.1, -0.05) is 25.1 Å². The van der Waals surface area contributed by atoms with Crippen LogP contribution in [0, 0.1) is 5.92 Å². The average molecular weight is 331 g/mol. The standard InChI is InChI=1S/C18H25N3O3/c1-2-10-19-18(24)15-9-6-11-21(13-15)16(22)12-20-17(23)14-7-4-3-5-8-14/h3-5,7-8,15H,2,6,9-13H2,1H3,(H,19,24)(H,20,23). The van der Waals surface area contributed by atoms with Gasteiger partial charge in [0.25, 0.3) is 5.91 Å². The minimum atomic E-state index is -0.266. The Labute approximate surface area is 142 Å². The quantitative estimate of drug-likeness (QED) is 0.822. The molecule has 6 nitrogen and oxygen atoms in total. The third-order valence-corrected chi connectivity index (χ3v) is 4.13. The van der Waals surface area contributed by atoms with Gasteiger partial charge in [0.2, 0.25) is 11.8 Å². The maximum absolute atomic E-state index is 12.3. The third-order valence-electron chi connectivity index (χ3n) is 4.13. The van der Waals surface area contributed by atoms with E-state index in [2.05, 4.69) is 10.6 Å². The van der Waals surface area contributed by atoms with Gasteiger partial charge in [-0.2, -0.15) is 0 Å². The number of carbonyl (C=O) groups is 3. The monoisotopic (exact) mass is 331 g/mol. The lowest BCUT2D eigenvalue weighted by molar-refractivity contribution is -0.134. The number of nitrogens with zero attached hydrogens (tertiary/aromatic N) is 1. The summed E-state index contributed by atoms with van der Waals surface area (Å²) in [6, 6.07) is 8.80. The first-order chi connectivity index (χ1) is 11.6. The molecule has 0 radical (unpaired) electrons. The number of carbonyl (C=O) groups excluding carboxylic acids is 3. The van der Waals surface area contributed by atoms with Crippen molar-refractivity contribution in [2.24, 2.45) is 5.92 Å². The molecule has 0 aliphatic carbocycles. The minimum absolute atomic E-state index is 0.0164.